The van der Waals surface area contributed by atoms with Crippen molar-refractivity contribution in [2.24, 2.45) is 0 Å². The van der Waals surface area contributed by atoms with Crippen LogP contribution in [0.25, 0.3) is 0 Å². The van der Waals surface area contributed by atoms with Crippen molar-refractivity contribution in [1.82, 2.24) is 5.32 Å². The van der Waals surface area contributed by atoms with E-state index < -0.39 is 0 Å². The van der Waals surface area contributed by atoms with Crippen LogP contribution in [0.15, 0.2) is 66.7 Å². The van der Waals surface area contributed by atoms with Crippen molar-refractivity contribution < 1.29 is 23.8 Å². The van der Waals surface area contributed by atoms with Gasteiger partial charge in [0, 0.05) is 18.5 Å². The van der Waals surface area contributed by atoms with Crippen molar-refractivity contribution in [3.05, 3.63) is 94.5 Å². The molecule has 0 aromatic heterocycles. The van der Waals surface area contributed by atoms with Gasteiger partial charge in [0.05, 0.1) is 5.56 Å². The summed E-state index contributed by atoms with van der Waals surface area (Å²) in [6.45, 7) is 1.60. The van der Waals surface area contributed by atoms with Crippen molar-refractivity contribution in [1.29, 1.82) is 0 Å². The van der Waals surface area contributed by atoms with E-state index in [0.717, 1.165) is 28.2 Å². The molecule has 3 aromatic carbocycles. The van der Waals surface area contributed by atoms with Crippen LogP contribution in [0.5, 0.6) is 11.5 Å². The molecule has 0 bridgehead atoms. The minimum absolute atomic E-state index is 0.166. The summed E-state index contributed by atoms with van der Waals surface area (Å²) >= 11 is 0. The van der Waals surface area contributed by atoms with E-state index in [1.54, 1.807) is 18.2 Å². The van der Waals surface area contributed by atoms with E-state index in [4.69, 9.17) is 14.2 Å². The molecule has 2 aliphatic heterocycles. The number of hydrogen-bond donors (Lipinski definition) is 1. The Kier molecular flexibility index (Phi) is 5.50. The molecule has 0 fully saturated rings. The topological polar surface area (TPSA) is 73.9 Å². The molecule has 6 heteroatoms. The maximum Gasteiger partial charge on any atom is 0.339 e. The number of amides is 1. The summed E-state index contributed by atoms with van der Waals surface area (Å²) in [5, 5.41) is 2.96. The van der Waals surface area contributed by atoms with Crippen molar-refractivity contribution >= 4 is 11.9 Å². The molecular formula is C26H23NO5. The Morgan fingerprint density at radius 2 is 1.75 bits per heavy atom. The molecule has 1 N–H and O–H groups in total. The monoisotopic (exact) mass is 429 g/mol. The lowest BCUT2D eigenvalue weighted by molar-refractivity contribution is 0.0252. The Morgan fingerprint density at radius 1 is 0.938 bits per heavy atom. The van der Waals surface area contributed by atoms with Crippen LogP contribution in [0.1, 0.15) is 43.5 Å². The first-order chi connectivity index (χ1) is 15.7. The maximum atomic E-state index is 12.7. The highest BCUT2D eigenvalue weighted by atomic mass is 16.6. The highest BCUT2D eigenvalue weighted by Gasteiger charge is 2.28. The third kappa shape index (κ3) is 4.17. The number of rotatable bonds is 5. The molecule has 0 radical (unpaired) electrons. The summed E-state index contributed by atoms with van der Waals surface area (Å²) in [6.07, 6.45) is 0.879. The fraction of sp³-hybridized carbons (Fsp3) is 0.231. The van der Waals surface area contributed by atoms with Gasteiger partial charge in [-0.1, -0.05) is 36.4 Å². The Balaban J connectivity index is 1.24. The van der Waals surface area contributed by atoms with Gasteiger partial charge in [0.15, 0.2) is 11.5 Å². The van der Waals surface area contributed by atoms with Crippen LogP contribution in [-0.2, 0) is 17.6 Å². The van der Waals surface area contributed by atoms with E-state index in [2.05, 4.69) is 5.32 Å². The standard InChI is InChI=1S/C26H23NO5/c28-25(27-11-10-17-6-9-22-24(14-17)31-13-12-30-22)19-7-8-21-20(15-19)16-23(32-26(21)29)18-4-2-1-3-5-18/h1-9,14-15,23H,10-13,16H2,(H,27,28)/t23-/m0/s1. The quantitative estimate of drug-likeness (QED) is 0.623. The van der Waals surface area contributed by atoms with Gasteiger partial charge in [0.2, 0.25) is 0 Å². The van der Waals surface area contributed by atoms with E-state index in [-0.39, 0.29) is 18.0 Å². The molecule has 0 aliphatic carbocycles. The molecule has 0 saturated heterocycles. The largest absolute Gasteiger partial charge is 0.486 e. The van der Waals surface area contributed by atoms with E-state index >= 15 is 0 Å². The number of benzene rings is 3. The van der Waals surface area contributed by atoms with Crippen molar-refractivity contribution in [3.63, 3.8) is 0 Å². The average Bonchev–Trinajstić information content (AvgIpc) is 2.84. The summed E-state index contributed by atoms with van der Waals surface area (Å²) in [5.74, 6) is 0.978. The molecular weight excluding hydrogens is 406 g/mol. The number of ether oxygens (including phenoxy) is 3. The van der Waals surface area contributed by atoms with E-state index in [1.165, 1.54) is 0 Å². The lowest BCUT2D eigenvalue weighted by Crippen LogP contribution is -2.27. The Labute approximate surface area is 186 Å². The van der Waals surface area contributed by atoms with Crippen LogP contribution >= 0.6 is 0 Å². The number of cyclic esters (lactones) is 1. The molecule has 32 heavy (non-hydrogen) atoms. The van der Waals surface area contributed by atoms with Crippen LogP contribution in [0.3, 0.4) is 0 Å². The second-order valence-corrected chi connectivity index (χ2v) is 7.86. The summed E-state index contributed by atoms with van der Waals surface area (Å²) < 4.78 is 16.7. The van der Waals surface area contributed by atoms with E-state index in [9.17, 15) is 9.59 Å². The zero-order valence-electron chi connectivity index (χ0n) is 17.5. The molecule has 1 amide bonds. The van der Waals surface area contributed by atoms with Crippen molar-refractivity contribution in [3.8, 4) is 11.5 Å². The van der Waals surface area contributed by atoms with Gasteiger partial charge >= 0.3 is 5.97 Å². The van der Waals surface area contributed by atoms with Crippen molar-refractivity contribution in [2.75, 3.05) is 19.8 Å². The zero-order chi connectivity index (χ0) is 21.9. The third-order valence-electron chi connectivity index (χ3n) is 5.72. The van der Waals surface area contributed by atoms with Gasteiger partial charge in [-0.15, -0.1) is 0 Å². The zero-order valence-corrected chi connectivity index (χ0v) is 17.5. The maximum absolute atomic E-state index is 12.7. The van der Waals surface area contributed by atoms with Gasteiger partial charge < -0.3 is 19.5 Å². The van der Waals surface area contributed by atoms with Crippen LogP contribution in [0.2, 0.25) is 0 Å². The first-order valence-corrected chi connectivity index (χ1v) is 10.7. The van der Waals surface area contributed by atoms with Gasteiger partial charge in [-0.25, -0.2) is 4.79 Å². The van der Waals surface area contributed by atoms with E-state index in [1.807, 2.05) is 48.5 Å². The Morgan fingerprint density at radius 3 is 2.59 bits per heavy atom. The first kappa shape index (κ1) is 20.1. The van der Waals surface area contributed by atoms with Crippen LogP contribution in [0.4, 0.5) is 0 Å². The predicted octanol–water partition coefficient (Wildman–Crippen LogP) is 3.88. The average molecular weight is 429 g/mol. The summed E-state index contributed by atoms with van der Waals surface area (Å²) in [6, 6.07) is 20.6. The summed E-state index contributed by atoms with van der Waals surface area (Å²) in [4.78, 5) is 25.2. The number of hydrogen-bond acceptors (Lipinski definition) is 5. The highest BCUT2D eigenvalue weighted by Crippen LogP contribution is 2.32. The molecule has 1 atom stereocenters. The van der Waals surface area contributed by atoms with Gasteiger partial charge in [-0.2, -0.15) is 0 Å². The van der Waals surface area contributed by atoms with Gasteiger partial charge in [-0.3, -0.25) is 4.79 Å². The van der Waals surface area contributed by atoms with Gasteiger partial charge in [0.1, 0.15) is 19.3 Å². The number of carbonyl (C=O) groups excluding carboxylic acids is 2. The molecule has 0 unspecified atom stereocenters. The minimum atomic E-state index is -0.356. The van der Waals surface area contributed by atoms with Gasteiger partial charge in [-0.05, 0) is 53.4 Å². The number of esters is 1. The van der Waals surface area contributed by atoms with Gasteiger partial charge in [0.25, 0.3) is 5.91 Å². The molecule has 3 aromatic rings. The number of nitrogens with one attached hydrogen (secondary N) is 1. The first-order valence-electron chi connectivity index (χ1n) is 10.7. The Hall–Kier alpha value is -3.80. The van der Waals surface area contributed by atoms with Crippen LogP contribution < -0.4 is 14.8 Å². The molecule has 0 spiro atoms. The SMILES string of the molecule is O=C(NCCc1ccc2c(c1)OCCO2)c1ccc2c(c1)C[C@@H](c1ccccc1)OC2=O. The fourth-order valence-electron chi connectivity index (χ4n) is 4.06. The summed E-state index contributed by atoms with van der Waals surface area (Å²) in [5.41, 5.74) is 3.89. The third-order valence-corrected chi connectivity index (χ3v) is 5.72. The predicted molar refractivity (Wildman–Crippen MR) is 118 cm³/mol. The smallest absolute Gasteiger partial charge is 0.339 e. The van der Waals surface area contributed by atoms with Crippen molar-refractivity contribution in [2.45, 2.75) is 18.9 Å². The number of carbonyl (C=O) groups is 2. The normalized spacial score (nSPS) is 16.6. The molecule has 6 nitrogen and oxygen atoms in total. The molecule has 0 saturated carbocycles. The van der Waals surface area contributed by atoms with Crippen LogP contribution in [0, 0.1) is 0 Å². The second kappa shape index (κ2) is 8.75. The number of fused-ring (bicyclic) bond motifs is 2. The van der Waals surface area contributed by atoms with E-state index in [0.29, 0.717) is 43.7 Å². The highest BCUT2D eigenvalue weighted by molar-refractivity contribution is 5.97. The molecule has 2 aliphatic rings. The Bertz CT molecular complexity index is 1160. The lowest BCUT2D eigenvalue weighted by Gasteiger charge is -2.25. The minimum Gasteiger partial charge on any atom is -0.486 e. The fourth-order valence-corrected chi connectivity index (χ4v) is 4.06. The lowest BCUT2D eigenvalue weighted by atomic mass is 9.93. The summed E-state index contributed by atoms with van der Waals surface area (Å²) in [7, 11) is 0. The van der Waals surface area contributed by atoms with Crippen LogP contribution in [-0.4, -0.2) is 31.6 Å². The molecule has 2 heterocycles. The molecule has 162 valence electrons. The molecule has 5 rings (SSSR count). The second-order valence-electron chi connectivity index (χ2n) is 7.86.